The van der Waals surface area contributed by atoms with Crippen molar-refractivity contribution >= 4 is 23.1 Å². The van der Waals surface area contributed by atoms with Gasteiger partial charge in [0.1, 0.15) is 5.82 Å². The summed E-state index contributed by atoms with van der Waals surface area (Å²) in [4.78, 5) is 16.9. The smallest absolute Gasteiger partial charge is 0.326 e. The molecule has 0 bridgehead atoms. The van der Waals surface area contributed by atoms with Crippen LogP contribution in [0.1, 0.15) is 12.8 Å². The highest BCUT2D eigenvalue weighted by Crippen LogP contribution is 2.39. The number of amides is 2. The van der Waals surface area contributed by atoms with E-state index in [-0.39, 0.29) is 11.8 Å². The average Bonchev–Trinajstić information content (AvgIpc) is 3.03. The molecule has 5 heteroatoms. The lowest BCUT2D eigenvalue weighted by Gasteiger charge is -2.40. The van der Waals surface area contributed by atoms with Crippen molar-refractivity contribution in [1.29, 1.82) is 0 Å². The quantitative estimate of drug-likeness (QED) is 0.868. The molecule has 1 saturated heterocycles. The third kappa shape index (κ3) is 2.52. The molecule has 0 spiro atoms. The molecule has 2 amide bonds. The Kier molecular flexibility index (Phi) is 3.41. The van der Waals surface area contributed by atoms with Crippen molar-refractivity contribution in [2.24, 2.45) is 0 Å². The lowest BCUT2D eigenvalue weighted by molar-refractivity contribution is 0.256. The first-order valence-electron chi connectivity index (χ1n) is 7.92. The zero-order valence-corrected chi connectivity index (χ0v) is 12.7. The van der Waals surface area contributed by atoms with Gasteiger partial charge in [0.25, 0.3) is 0 Å². The van der Waals surface area contributed by atoms with Crippen LogP contribution in [0.4, 0.5) is 26.2 Å². The minimum absolute atomic E-state index is 0.213. The van der Waals surface area contributed by atoms with Gasteiger partial charge in [-0.3, -0.25) is 4.90 Å². The third-order valence-corrected chi connectivity index (χ3v) is 4.57. The summed E-state index contributed by atoms with van der Waals surface area (Å²) in [6.45, 7) is 1.71. The molecule has 1 atom stereocenters. The number of urea groups is 1. The fourth-order valence-corrected chi connectivity index (χ4v) is 3.54. The van der Waals surface area contributed by atoms with Gasteiger partial charge in [-0.1, -0.05) is 18.2 Å². The molecule has 2 aromatic rings. The number of nitrogens with one attached hydrogen (secondary N) is 1. The zero-order chi connectivity index (χ0) is 15.8. The third-order valence-electron chi connectivity index (χ3n) is 4.57. The Morgan fingerprint density at radius 1 is 1.13 bits per heavy atom. The van der Waals surface area contributed by atoms with Gasteiger partial charge in [0.2, 0.25) is 0 Å². The van der Waals surface area contributed by atoms with Crippen LogP contribution in [0.15, 0.2) is 48.5 Å². The maximum atomic E-state index is 13.3. The lowest BCUT2D eigenvalue weighted by Crippen LogP contribution is -2.49. The zero-order valence-electron chi connectivity index (χ0n) is 12.7. The van der Waals surface area contributed by atoms with Crippen LogP contribution in [0.5, 0.6) is 0 Å². The summed E-state index contributed by atoms with van der Waals surface area (Å²) in [5, 5.41) is 2.80. The van der Waals surface area contributed by atoms with Crippen LogP contribution >= 0.6 is 0 Å². The molecular weight excluding hydrogens is 293 g/mol. The lowest BCUT2D eigenvalue weighted by atomic mass is 10.1. The summed E-state index contributed by atoms with van der Waals surface area (Å²) in [6.07, 6.45) is 2.25. The van der Waals surface area contributed by atoms with Crippen molar-refractivity contribution in [3.63, 3.8) is 0 Å². The van der Waals surface area contributed by atoms with Crippen molar-refractivity contribution in [2.75, 3.05) is 28.2 Å². The molecule has 4 rings (SSSR count). The number of carbonyl (C=O) groups excluding carboxylic acids is 1. The second-order valence-electron chi connectivity index (χ2n) is 6.03. The highest BCUT2D eigenvalue weighted by Gasteiger charge is 2.36. The van der Waals surface area contributed by atoms with Gasteiger partial charge in [-0.15, -0.1) is 0 Å². The van der Waals surface area contributed by atoms with Gasteiger partial charge in [-0.2, -0.15) is 0 Å². The van der Waals surface area contributed by atoms with Crippen LogP contribution in [0, 0.1) is 5.82 Å². The van der Waals surface area contributed by atoms with Crippen LogP contribution in [0.2, 0.25) is 0 Å². The average molecular weight is 311 g/mol. The van der Waals surface area contributed by atoms with E-state index >= 15 is 0 Å². The number of para-hydroxylation sites is 2. The minimum Gasteiger partial charge on any atom is -0.365 e. The van der Waals surface area contributed by atoms with Crippen molar-refractivity contribution < 1.29 is 9.18 Å². The molecule has 2 aliphatic rings. The predicted octanol–water partition coefficient (Wildman–Crippen LogP) is 3.85. The molecule has 23 heavy (non-hydrogen) atoms. The van der Waals surface area contributed by atoms with Gasteiger partial charge in [-0.25, -0.2) is 9.18 Å². The second-order valence-corrected chi connectivity index (χ2v) is 6.03. The number of nitrogens with zero attached hydrogens (tertiary/aromatic N) is 2. The van der Waals surface area contributed by atoms with E-state index in [1.54, 1.807) is 17.0 Å². The highest BCUT2D eigenvalue weighted by atomic mass is 19.1. The molecule has 0 saturated carbocycles. The number of rotatable bonds is 1. The number of fused-ring (bicyclic) bond motifs is 3. The van der Waals surface area contributed by atoms with Crippen LogP contribution < -0.4 is 15.1 Å². The fourth-order valence-electron chi connectivity index (χ4n) is 3.54. The molecule has 2 aromatic carbocycles. The van der Waals surface area contributed by atoms with Gasteiger partial charge in [0, 0.05) is 24.8 Å². The van der Waals surface area contributed by atoms with E-state index in [1.165, 1.54) is 12.1 Å². The number of halogens is 1. The normalized spacial score (nSPS) is 19.3. The van der Waals surface area contributed by atoms with Crippen molar-refractivity contribution in [1.82, 2.24) is 0 Å². The maximum absolute atomic E-state index is 13.3. The number of benzene rings is 2. The van der Waals surface area contributed by atoms with E-state index in [2.05, 4.69) is 16.3 Å². The topological polar surface area (TPSA) is 35.6 Å². The van der Waals surface area contributed by atoms with Crippen molar-refractivity contribution in [3.05, 3.63) is 54.3 Å². The summed E-state index contributed by atoms with van der Waals surface area (Å²) in [7, 11) is 0. The molecule has 2 aliphatic heterocycles. The second kappa shape index (κ2) is 5.57. The summed E-state index contributed by atoms with van der Waals surface area (Å²) >= 11 is 0. The molecule has 0 radical (unpaired) electrons. The van der Waals surface area contributed by atoms with Crippen molar-refractivity contribution in [3.8, 4) is 0 Å². The largest absolute Gasteiger partial charge is 0.365 e. The van der Waals surface area contributed by atoms with E-state index in [0.717, 1.165) is 30.8 Å². The first-order chi connectivity index (χ1) is 11.2. The number of hydrogen-bond donors (Lipinski definition) is 1. The number of hydrogen-bond acceptors (Lipinski definition) is 2. The van der Waals surface area contributed by atoms with Crippen LogP contribution in [0.25, 0.3) is 0 Å². The number of anilines is 3. The van der Waals surface area contributed by atoms with Gasteiger partial charge in [-0.05, 0) is 43.2 Å². The molecule has 0 aromatic heterocycles. The van der Waals surface area contributed by atoms with Gasteiger partial charge < -0.3 is 10.2 Å². The molecule has 2 heterocycles. The van der Waals surface area contributed by atoms with Crippen LogP contribution in [-0.2, 0) is 0 Å². The first kappa shape index (κ1) is 14.1. The number of carbonyl (C=O) groups is 1. The maximum Gasteiger partial charge on any atom is 0.326 e. The molecule has 1 N–H and O–H groups in total. The van der Waals surface area contributed by atoms with Crippen molar-refractivity contribution in [2.45, 2.75) is 18.9 Å². The Balaban J connectivity index is 1.63. The molecule has 118 valence electrons. The highest BCUT2D eigenvalue weighted by molar-refractivity contribution is 6.04. The van der Waals surface area contributed by atoms with E-state index in [9.17, 15) is 9.18 Å². The molecule has 4 nitrogen and oxygen atoms in total. The van der Waals surface area contributed by atoms with Crippen LogP contribution in [0.3, 0.4) is 0 Å². The predicted molar refractivity (Wildman–Crippen MR) is 89.6 cm³/mol. The summed E-state index contributed by atoms with van der Waals surface area (Å²) in [6, 6.07) is 14.1. The SMILES string of the molecule is O=C(Nc1cccc(F)c1)N1C[C@@H]2CCCN2c2ccccc21. The Bertz CT molecular complexity index is 749. The van der Waals surface area contributed by atoms with E-state index in [0.29, 0.717) is 18.3 Å². The molecule has 0 unspecified atom stereocenters. The summed E-state index contributed by atoms with van der Waals surface area (Å²) in [5.74, 6) is -0.358. The Morgan fingerprint density at radius 3 is 2.78 bits per heavy atom. The minimum atomic E-state index is -0.358. The van der Waals surface area contributed by atoms with E-state index in [4.69, 9.17) is 0 Å². The van der Waals surface area contributed by atoms with Gasteiger partial charge in [0.15, 0.2) is 0 Å². The Labute approximate surface area is 134 Å². The van der Waals surface area contributed by atoms with E-state index in [1.807, 2.05) is 18.2 Å². The monoisotopic (exact) mass is 311 g/mol. The van der Waals surface area contributed by atoms with E-state index < -0.39 is 0 Å². The van der Waals surface area contributed by atoms with Gasteiger partial charge >= 0.3 is 6.03 Å². The fraction of sp³-hybridized carbons (Fsp3) is 0.278. The molecular formula is C18H18FN3O. The molecule has 1 fully saturated rings. The van der Waals surface area contributed by atoms with Gasteiger partial charge in [0.05, 0.1) is 11.4 Å². The van der Waals surface area contributed by atoms with Crippen LogP contribution in [-0.4, -0.2) is 25.2 Å². The summed E-state index contributed by atoms with van der Waals surface area (Å²) < 4.78 is 13.3. The standard InChI is InChI=1S/C18H18FN3O/c19-13-5-3-6-14(11-13)20-18(23)22-12-15-7-4-10-21(15)16-8-1-2-9-17(16)22/h1-3,5-6,8-9,11,15H,4,7,10,12H2,(H,20,23)/t15-/m0/s1. The Morgan fingerprint density at radius 2 is 1.96 bits per heavy atom. The first-order valence-corrected chi connectivity index (χ1v) is 7.92. The Hall–Kier alpha value is -2.56. The molecule has 0 aliphatic carbocycles. The summed E-state index contributed by atoms with van der Waals surface area (Å²) in [5.41, 5.74) is 2.50.